The second-order valence-corrected chi connectivity index (χ2v) is 8.84. The summed E-state index contributed by atoms with van der Waals surface area (Å²) in [7, 11) is 1.54. The van der Waals surface area contributed by atoms with Gasteiger partial charge in [-0.2, -0.15) is 18.4 Å². The summed E-state index contributed by atoms with van der Waals surface area (Å²) in [6, 6.07) is 8.01. The molecule has 0 radical (unpaired) electrons. The van der Waals surface area contributed by atoms with Gasteiger partial charge in [0, 0.05) is 56.4 Å². The van der Waals surface area contributed by atoms with Crippen LogP contribution in [-0.4, -0.2) is 50.7 Å². The maximum Gasteiger partial charge on any atom is 0.417 e. The molecule has 180 valence electrons. The van der Waals surface area contributed by atoms with Gasteiger partial charge in [-0.1, -0.05) is 0 Å². The number of halogens is 5. The molecular formula is C24H22F5N3O2. The first-order chi connectivity index (χ1) is 16.1. The average molecular weight is 479 g/mol. The monoisotopic (exact) mass is 479 g/mol. The van der Waals surface area contributed by atoms with Crippen LogP contribution < -0.4 is 4.90 Å². The largest absolute Gasteiger partial charge is 0.417 e. The van der Waals surface area contributed by atoms with Crippen molar-refractivity contribution in [3.63, 3.8) is 0 Å². The van der Waals surface area contributed by atoms with Crippen LogP contribution in [0, 0.1) is 34.3 Å². The lowest BCUT2D eigenvalue weighted by Crippen LogP contribution is -2.51. The van der Waals surface area contributed by atoms with Gasteiger partial charge in [-0.25, -0.2) is 8.78 Å². The highest BCUT2D eigenvalue weighted by atomic mass is 19.4. The molecule has 2 aliphatic rings. The van der Waals surface area contributed by atoms with Crippen LogP contribution in [-0.2, 0) is 10.9 Å². The molecule has 2 atom stereocenters. The first-order valence-corrected chi connectivity index (χ1v) is 10.7. The van der Waals surface area contributed by atoms with Gasteiger partial charge in [0.1, 0.15) is 11.6 Å². The maximum absolute atomic E-state index is 14.2. The predicted molar refractivity (Wildman–Crippen MR) is 113 cm³/mol. The molecule has 2 aromatic rings. The number of ether oxygens (including phenoxy) is 1. The second kappa shape index (κ2) is 8.87. The molecule has 0 saturated carbocycles. The lowest BCUT2D eigenvalue weighted by Gasteiger charge is -2.43. The lowest BCUT2D eigenvalue weighted by atomic mass is 9.73. The fourth-order valence-electron chi connectivity index (χ4n) is 5.08. The molecule has 0 N–H and O–H groups in total. The van der Waals surface area contributed by atoms with Crippen LogP contribution in [0.1, 0.15) is 27.9 Å². The summed E-state index contributed by atoms with van der Waals surface area (Å²) in [5.41, 5.74) is -1.74. The Bertz CT molecular complexity index is 1150. The number of hydrogen-bond acceptors (Lipinski definition) is 4. The first-order valence-electron chi connectivity index (χ1n) is 10.7. The lowest BCUT2D eigenvalue weighted by molar-refractivity contribution is -0.137. The molecule has 2 aliphatic heterocycles. The molecule has 10 heteroatoms. The average Bonchev–Trinajstić information content (AvgIpc) is 3.16. The van der Waals surface area contributed by atoms with E-state index >= 15 is 0 Å². The number of likely N-dealkylation sites (tertiary alicyclic amines) is 1. The highest BCUT2D eigenvalue weighted by molar-refractivity contribution is 5.94. The number of benzene rings is 2. The number of methoxy groups -OCH3 is 1. The molecule has 0 unspecified atom stereocenters. The van der Waals surface area contributed by atoms with E-state index in [1.54, 1.807) is 13.2 Å². The Morgan fingerprint density at radius 2 is 1.97 bits per heavy atom. The minimum atomic E-state index is -4.67. The van der Waals surface area contributed by atoms with E-state index in [1.807, 2.05) is 4.90 Å². The molecule has 4 rings (SSSR count). The maximum atomic E-state index is 14.2. The van der Waals surface area contributed by atoms with E-state index < -0.39 is 40.3 Å². The molecule has 2 heterocycles. The van der Waals surface area contributed by atoms with E-state index in [1.165, 1.54) is 11.0 Å². The Morgan fingerprint density at radius 1 is 1.21 bits per heavy atom. The molecule has 0 aromatic heterocycles. The number of rotatable bonds is 4. The standard InChI is InChI=1S/C24H22F5N3O2/c1-34-14-23-6-7-31(22(33)19-5-3-17(25)8-21(19)26)11-16(23)12-32(13-23)18-4-2-15(10-30)20(9-18)24(27,28)29/h2-5,8-9,16H,6-7,11-14H2,1H3/t16-,23+/m1/s1. The molecule has 2 fully saturated rings. The smallest absolute Gasteiger partial charge is 0.384 e. The molecule has 34 heavy (non-hydrogen) atoms. The number of fused-ring (bicyclic) bond motifs is 1. The van der Waals surface area contributed by atoms with Gasteiger partial charge in [-0.15, -0.1) is 0 Å². The van der Waals surface area contributed by atoms with Crippen molar-refractivity contribution in [2.24, 2.45) is 11.3 Å². The Balaban J connectivity index is 1.60. The molecule has 2 saturated heterocycles. The van der Waals surface area contributed by atoms with Crippen LogP contribution >= 0.6 is 0 Å². The molecule has 5 nitrogen and oxygen atoms in total. The second-order valence-electron chi connectivity index (χ2n) is 8.84. The number of alkyl halides is 3. The van der Waals surface area contributed by atoms with Gasteiger partial charge in [0.15, 0.2) is 0 Å². The highest BCUT2D eigenvalue weighted by Gasteiger charge is 2.50. The fourth-order valence-corrected chi connectivity index (χ4v) is 5.08. The van der Waals surface area contributed by atoms with Gasteiger partial charge in [0.2, 0.25) is 0 Å². The number of carbonyl (C=O) groups is 1. The summed E-state index contributed by atoms with van der Waals surface area (Å²) in [6.45, 7) is 1.70. The predicted octanol–water partition coefficient (Wildman–Crippen LogP) is 4.47. The van der Waals surface area contributed by atoms with Crippen LogP contribution in [0.2, 0.25) is 0 Å². The SMILES string of the molecule is COC[C@@]12CCN(C(=O)c3ccc(F)cc3F)C[C@@H]1CN(c1ccc(C#N)c(C(F)(F)F)c1)C2. The van der Waals surface area contributed by atoms with E-state index in [-0.39, 0.29) is 18.0 Å². The van der Waals surface area contributed by atoms with Crippen molar-refractivity contribution < 1.29 is 31.5 Å². The Hall–Kier alpha value is -3.19. The van der Waals surface area contributed by atoms with Gasteiger partial charge in [-0.3, -0.25) is 4.79 Å². The number of carbonyl (C=O) groups excluding carboxylic acids is 1. The third-order valence-electron chi connectivity index (χ3n) is 6.81. The number of piperidine rings is 1. The van der Waals surface area contributed by atoms with Crippen LogP contribution in [0.4, 0.5) is 27.6 Å². The molecule has 2 aromatic carbocycles. The van der Waals surface area contributed by atoms with Crippen molar-refractivity contribution in [2.45, 2.75) is 12.6 Å². The van der Waals surface area contributed by atoms with Crippen molar-refractivity contribution >= 4 is 11.6 Å². The minimum Gasteiger partial charge on any atom is -0.384 e. The zero-order valence-corrected chi connectivity index (χ0v) is 18.3. The third-order valence-corrected chi connectivity index (χ3v) is 6.81. The number of nitriles is 1. The van der Waals surface area contributed by atoms with Gasteiger partial charge in [-0.05, 0) is 36.8 Å². The normalized spacial score (nSPS) is 22.4. The van der Waals surface area contributed by atoms with E-state index in [9.17, 15) is 26.7 Å². The number of amides is 1. The molecule has 1 amide bonds. The van der Waals surface area contributed by atoms with Crippen molar-refractivity contribution in [3.05, 3.63) is 64.7 Å². The number of nitrogens with zero attached hydrogens (tertiary/aromatic N) is 3. The zero-order valence-electron chi connectivity index (χ0n) is 18.3. The van der Waals surface area contributed by atoms with E-state index in [2.05, 4.69) is 0 Å². The Labute approximate surface area is 193 Å². The third kappa shape index (κ3) is 4.32. The van der Waals surface area contributed by atoms with Crippen molar-refractivity contribution in [2.75, 3.05) is 44.8 Å². The minimum absolute atomic E-state index is 0.140. The van der Waals surface area contributed by atoms with E-state index in [0.29, 0.717) is 44.4 Å². The van der Waals surface area contributed by atoms with Crippen LogP contribution in [0.25, 0.3) is 0 Å². The summed E-state index contributed by atoms with van der Waals surface area (Å²) in [6.07, 6.45) is -4.15. The highest BCUT2D eigenvalue weighted by Crippen LogP contribution is 2.45. The molecular weight excluding hydrogens is 457 g/mol. The van der Waals surface area contributed by atoms with Gasteiger partial charge < -0.3 is 14.5 Å². The van der Waals surface area contributed by atoms with Crippen LogP contribution in [0.5, 0.6) is 0 Å². The Morgan fingerprint density at radius 3 is 2.62 bits per heavy atom. The quantitative estimate of drug-likeness (QED) is 0.608. The Kier molecular flexibility index (Phi) is 6.25. The van der Waals surface area contributed by atoms with Crippen molar-refractivity contribution in [1.82, 2.24) is 4.90 Å². The van der Waals surface area contributed by atoms with Crippen molar-refractivity contribution in [1.29, 1.82) is 5.26 Å². The summed E-state index contributed by atoms with van der Waals surface area (Å²) in [4.78, 5) is 16.2. The summed E-state index contributed by atoms with van der Waals surface area (Å²) >= 11 is 0. The van der Waals surface area contributed by atoms with E-state index in [0.717, 1.165) is 24.3 Å². The molecule has 0 bridgehead atoms. The van der Waals surface area contributed by atoms with Gasteiger partial charge >= 0.3 is 6.18 Å². The van der Waals surface area contributed by atoms with E-state index in [4.69, 9.17) is 10.00 Å². The number of anilines is 1. The topological polar surface area (TPSA) is 56.6 Å². The summed E-state index contributed by atoms with van der Waals surface area (Å²) < 4.78 is 73.3. The van der Waals surface area contributed by atoms with Gasteiger partial charge in [0.25, 0.3) is 5.91 Å². The number of hydrogen-bond donors (Lipinski definition) is 0. The van der Waals surface area contributed by atoms with Crippen molar-refractivity contribution in [3.8, 4) is 6.07 Å². The van der Waals surface area contributed by atoms with Crippen LogP contribution in [0.15, 0.2) is 36.4 Å². The van der Waals surface area contributed by atoms with Gasteiger partial charge in [0.05, 0.1) is 29.4 Å². The molecule has 0 aliphatic carbocycles. The summed E-state index contributed by atoms with van der Waals surface area (Å²) in [5, 5.41) is 9.06. The summed E-state index contributed by atoms with van der Waals surface area (Å²) in [5.74, 6) is -2.42. The first kappa shape index (κ1) is 24.0. The zero-order chi connectivity index (χ0) is 24.7. The molecule has 0 spiro atoms. The fraction of sp³-hybridized carbons (Fsp3) is 0.417. The van der Waals surface area contributed by atoms with Crippen LogP contribution in [0.3, 0.4) is 0 Å².